The molecule has 2 aliphatic heterocycles. The molecule has 0 aliphatic carbocycles. The van der Waals surface area contributed by atoms with Crippen molar-refractivity contribution in [3.8, 4) is 0 Å². The van der Waals surface area contributed by atoms with Crippen LogP contribution >= 0.6 is 11.8 Å². The summed E-state index contributed by atoms with van der Waals surface area (Å²) in [5.41, 5.74) is 1.61. The summed E-state index contributed by atoms with van der Waals surface area (Å²) in [7, 11) is 1.34. The number of aromatic nitrogens is 2. The lowest BCUT2D eigenvalue weighted by Gasteiger charge is -2.33. The molecule has 0 bridgehead atoms. The number of methoxy groups -OCH3 is 1. The first-order valence-electron chi connectivity index (χ1n) is 14.9. The van der Waals surface area contributed by atoms with Gasteiger partial charge in [0.2, 0.25) is 11.8 Å². The van der Waals surface area contributed by atoms with Gasteiger partial charge in [0.1, 0.15) is 6.04 Å². The summed E-state index contributed by atoms with van der Waals surface area (Å²) in [6.45, 7) is 4.65. The minimum Gasteiger partial charge on any atom is -0.467 e. The summed E-state index contributed by atoms with van der Waals surface area (Å²) >= 11 is 1.62. The van der Waals surface area contributed by atoms with E-state index >= 15 is 0 Å². The van der Waals surface area contributed by atoms with Crippen LogP contribution in [0.25, 0.3) is 0 Å². The maximum atomic E-state index is 13.5. The number of nitro groups is 1. The molecule has 2 amide bonds. The van der Waals surface area contributed by atoms with Crippen LogP contribution < -0.4 is 5.32 Å². The highest BCUT2D eigenvalue weighted by Gasteiger charge is 2.42. The van der Waals surface area contributed by atoms with Gasteiger partial charge in [-0.3, -0.25) is 24.6 Å². The third-order valence-electron chi connectivity index (χ3n) is 8.51. The number of nitro benzene ring substituents is 1. The van der Waals surface area contributed by atoms with Crippen LogP contribution in [0.5, 0.6) is 0 Å². The number of nitrogens with zero attached hydrogens (tertiary/aromatic N) is 5. The first kappa shape index (κ1) is 32.5. The SMILES string of the molecule is CC[C@H]1CCN(C[C@@H]2CCCN2C(=O)Cc2cn(Cc3ccc([N+](=O)[O-])cc3)cn2)[C@@H]1C(=O)N[C@@H](CCSC)C(=O)OC. The summed E-state index contributed by atoms with van der Waals surface area (Å²) in [6, 6.07) is 5.37. The Morgan fingerprint density at radius 3 is 2.65 bits per heavy atom. The fourth-order valence-electron chi connectivity index (χ4n) is 6.22. The topological polar surface area (TPSA) is 140 Å². The molecule has 4 atom stereocenters. The second-order valence-electron chi connectivity index (χ2n) is 11.3. The van der Waals surface area contributed by atoms with Crippen molar-refractivity contribution >= 4 is 35.2 Å². The Balaban J connectivity index is 1.36. The van der Waals surface area contributed by atoms with E-state index in [0.29, 0.717) is 31.7 Å². The zero-order chi connectivity index (χ0) is 30.9. The average molecular weight is 615 g/mol. The van der Waals surface area contributed by atoms with Gasteiger partial charge in [-0.1, -0.05) is 25.5 Å². The Morgan fingerprint density at radius 1 is 1.21 bits per heavy atom. The van der Waals surface area contributed by atoms with Crippen molar-refractivity contribution in [3.05, 3.63) is 58.2 Å². The maximum absolute atomic E-state index is 13.5. The molecule has 3 heterocycles. The minimum absolute atomic E-state index is 0.00787. The number of hydrogen-bond donors (Lipinski definition) is 1. The predicted octanol–water partition coefficient (Wildman–Crippen LogP) is 2.88. The number of benzene rings is 1. The van der Waals surface area contributed by atoms with Crippen molar-refractivity contribution in [3.63, 3.8) is 0 Å². The highest BCUT2D eigenvalue weighted by atomic mass is 32.2. The molecule has 1 N–H and O–H groups in total. The standard InChI is InChI=1S/C30H42N6O6S/c1-4-22-11-14-34(28(22)29(38)32-26(12-15-43-3)30(39)42-2)19-25-6-5-13-35(25)27(37)16-23-18-33(20-31-23)17-21-7-9-24(10-8-21)36(40)41/h7-10,18,20,22,25-26,28H,4-6,11-17,19H2,1-3H3,(H,32,38)/t22-,25-,26-,28-/m0/s1. The fraction of sp³-hybridized carbons (Fsp3) is 0.600. The van der Waals surface area contributed by atoms with E-state index in [0.717, 1.165) is 43.5 Å². The Bertz CT molecular complexity index is 1270. The number of non-ortho nitro benzene ring substituents is 1. The predicted molar refractivity (Wildman–Crippen MR) is 164 cm³/mol. The molecule has 12 nitrogen and oxygen atoms in total. The van der Waals surface area contributed by atoms with Gasteiger partial charge in [-0.05, 0) is 55.7 Å². The summed E-state index contributed by atoms with van der Waals surface area (Å²) in [4.78, 5) is 58.3. The molecule has 2 saturated heterocycles. The van der Waals surface area contributed by atoms with E-state index < -0.39 is 16.9 Å². The van der Waals surface area contributed by atoms with E-state index in [-0.39, 0.29) is 41.9 Å². The molecular weight excluding hydrogens is 572 g/mol. The van der Waals surface area contributed by atoms with Crippen molar-refractivity contribution < 1.29 is 24.0 Å². The number of imidazole rings is 1. The number of ether oxygens (including phenoxy) is 1. The Labute approximate surface area is 256 Å². The van der Waals surface area contributed by atoms with Crippen molar-refractivity contribution in [2.75, 3.05) is 38.8 Å². The van der Waals surface area contributed by atoms with Crippen molar-refractivity contribution in [1.82, 2.24) is 24.7 Å². The van der Waals surface area contributed by atoms with Crippen LogP contribution in [0, 0.1) is 16.0 Å². The molecule has 2 aliphatic rings. The lowest BCUT2D eigenvalue weighted by molar-refractivity contribution is -0.384. The first-order valence-corrected chi connectivity index (χ1v) is 16.3. The van der Waals surface area contributed by atoms with Gasteiger partial charge in [0.05, 0.1) is 36.5 Å². The van der Waals surface area contributed by atoms with Gasteiger partial charge >= 0.3 is 5.97 Å². The highest BCUT2D eigenvalue weighted by molar-refractivity contribution is 7.98. The van der Waals surface area contributed by atoms with Gasteiger partial charge < -0.3 is 19.5 Å². The molecule has 13 heteroatoms. The molecule has 234 valence electrons. The van der Waals surface area contributed by atoms with Gasteiger partial charge in [0.25, 0.3) is 5.69 Å². The minimum atomic E-state index is -0.672. The molecule has 1 aromatic carbocycles. The first-order chi connectivity index (χ1) is 20.7. The van der Waals surface area contributed by atoms with Crippen LogP contribution in [0.1, 0.15) is 50.3 Å². The molecule has 0 saturated carbocycles. The van der Waals surface area contributed by atoms with Crippen LogP contribution in [0.2, 0.25) is 0 Å². The van der Waals surface area contributed by atoms with E-state index in [1.807, 2.05) is 21.9 Å². The number of hydrogen-bond acceptors (Lipinski definition) is 9. The number of likely N-dealkylation sites (tertiary alicyclic amines) is 2. The van der Waals surface area contributed by atoms with E-state index in [4.69, 9.17) is 4.74 Å². The molecule has 4 rings (SSSR count). The number of amides is 2. The Morgan fingerprint density at radius 2 is 1.98 bits per heavy atom. The van der Waals surface area contributed by atoms with Gasteiger partial charge in [-0.25, -0.2) is 9.78 Å². The molecule has 43 heavy (non-hydrogen) atoms. The van der Waals surface area contributed by atoms with Gasteiger partial charge in [-0.2, -0.15) is 11.8 Å². The molecular formula is C30H42N6O6S. The smallest absolute Gasteiger partial charge is 0.328 e. The second-order valence-corrected chi connectivity index (χ2v) is 12.3. The van der Waals surface area contributed by atoms with E-state index in [2.05, 4.69) is 22.1 Å². The molecule has 2 aromatic rings. The number of thioether (sulfide) groups is 1. The average Bonchev–Trinajstić information content (AvgIpc) is 3.75. The third kappa shape index (κ3) is 8.35. The summed E-state index contributed by atoms with van der Waals surface area (Å²) in [5.74, 6) is 0.361. The lowest BCUT2D eigenvalue weighted by Crippen LogP contribution is -2.54. The highest BCUT2D eigenvalue weighted by Crippen LogP contribution is 2.30. The van der Waals surface area contributed by atoms with Crippen molar-refractivity contribution in [1.29, 1.82) is 0 Å². The quantitative estimate of drug-likeness (QED) is 0.193. The molecule has 0 spiro atoms. The van der Waals surface area contributed by atoms with E-state index in [1.165, 1.54) is 19.2 Å². The van der Waals surface area contributed by atoms with Crippen LogP contribution in [0.4, 0.5) is 5.69 Å². The Kier molecular flexibility index (Phi) is 11.6. The molecule has 0 unspecified atom stereocenters. The monoisotopic (exact) mass is 614 g/mol. The van der Waals surface area contributed by atoms with Crippen LogP contribution in [0.15, 0.2) is 36.8 Å². The van der Waals surface area contributed by atoms with E-state index in [1.54, 1.807) is 30.2 Å². The van der Waals surface area contributed by atoms with Gasteiger partial charge in [0.15, 0.2) is 0 Å². The number of rotatable bonds is 14. The largest absolute Gasteiger partial charge is 0.467 e. The number of esters is 1. The van der Waals surface area contributed by atoms with E-state index in [9.17, 15) is 24.5 Å². The number of nitrogens with one attached hydrogen (secondary N) is 1. The lowest BCUT2D eigenvalue weighted by atomic mass is 9.96. The van der Waals surface area contributed by atoms with Crippen LogP contribution in [-0.4, -0.2) is 98.9 Å². The fourth-order valence-corrected chi connectivity index (χ4v) is 6.69. The zero-order valence-corrected chi connectivity index (χ0v) is 26.0. The van der Waals surface area contributed by atoms with Crippen LogP contribution in [-0.2, 0) is 32.1 Å². The molecule has 0 radical (unpaired) electrons. The summed E-state index contributed by atoms with van der Waals surface area (Å²) < 4.78 is 6.81. The molecule has 2 fully saturated rings. The summed E-state index contributed by atoms with van der Waals surface area (Å²) in [6.07, 6.45) is 9.71. The van der Waals surface area contributed by atoms with Crippen molar-refractivity contribution in [2.24, 2.45) is 5.92 Å². The molecule has 1 aromatic heterocycles. The Hall–Kier alpha value is -3.45. The maximum Gasteiger partial charge on any atom is 0.328 e. The second kappa shape index (κ2) is 15.3. The zero-order valence-electron chi connectivity index (χ0n) is 25.1. The van der Waals surface area contributed by atoms with Crippen molar-refractivity contribution in [2.45, 2.75) is 70.1 Å². The number of carbonyl (C=O) groups excluding carboxylic acids is 3. The summed E-state index contributed by atoms with van der Waals surface area (Å²) in [5, 5.41) is 13.9. The van der Waals surface area contributed by atoms with Gasteiger partial charge in [-0.15, -0.1) is 0 Å². The normalized spacial score (nSPS) is 21.1. The third-order valence-corrected chi connectivity index (χ3v) is 9.15. The number of carbonyl (C=O) groups is 3. The van der Waals surface area contributed by atoms with Crippen LogP contribution in [0.3, 0.4) is 0 Å². The van der Waals surface area contributed by atoms with Gasteiger partial charge in [0, 0.05) is 44.0 Å².